The second-order valence-corrected chi connectivity index (χ2v) is 4.13. The number of aliphatic carboxylic acids is 1. The van der Waals surface area contributed by atoms with Gasteiger partial charge in [-0.05, 0) is 18.8 Å². The Labute approximate surface area is 97.8 Å². The number of hydrogen-bond donors (Lipinski definition) is 2. The maximum absolute atomic E-state index is 11.9. The highest BCUT2D eigenvalue weighted by molar-refractivity contribution is 5.74. The molecule has 1 atom stereocenters. The van der Waals surface area contributed by atoms with Gasteiger partial charge in [0.1, 0.15) is 0 Å². The summed E-state index contributed by atoms with van der Waals surface area (Å²) in [6.07, 6.45) is -1.09. The number of piperidine rings is 1. The van der Waals surface area contributed by atoms with E-state index in [-0.39, 0.29) is 12.3 Å². The molecule has 1 heterocycles. The lowest BCUT2D eigenvalue weighted by Gasteiger charge is -2.32. The number of nitrogens with one attached hydrogen (secondary N) is 1. The highest BCUT2D eigenvalue weighted by Crippen LogP contribution is 2.19. The molecule has 2 N–H and O–H groups in total. The van der Waals surface area contributed by atoms with E-state index in [1.165, 1.54) is 4.90 Å². The first-order valence-electron chi connectivity index (χ1n) is 5.51. The van der Waals surface area contributed by atoms with E-state index < -0.39 is 25.0 Å². The fraction of sp³-hybridized carbons (Fsp3) is 0.800. The fourth-order valence-electron chi connectivity index (χ4n) is 1.94. The zero-order chi connectivity index (χ0) is 12.8. The Bertz CT molecular complexity index is 287. The molecule has 1 aliphatic rings. The van der Waals surface area contributed by atoms with E-state index in [0.29, 0.717) is 19.5 Å². The quantitative estimate of drug-likeness (QED) is 0.786. The van der Waals surface area contributed by atoms with Gasteiger partial charge in [0.2, 0.25) is 0 Å². The Morgan fingerprint density at radius 2 is 2.18 bits per heavy atom. The van der Waals surface area contributed by atoms with Crippen LogP contribution in [0.4, 0.5) is 13.6 Å². The second-order valence-electron chi connectivity index (χ2n) is 4.13. The van der Waals surface area contributed by atoms with Crippen molar-refractivity contribution in [2.24, 2.45) is 5.92 Å². The summed E-state index contributed by atoms with van der Waals surface area (Å²) in [6, 6.07) is -0.541. The van der Waals surface area contributed by atoms with E-state index >= 15 is 0 Å². The average Bonchev–Trinajstić information content (AvgIpc) is 2.25. The third-order valence-electron chi connectivity index (χ3n) is 2.68. The van der Waals surface area contributed by atoms with E-state index in [1.807, 2.05) is 0 Å². The zero-order valence-corrected chi connectivity index (χ0v) is 9.36. The van der Waals surface area contributed by atoms with Crippen LogP contribution in [0.25, 0.3) is 0 Å². The lowest BCUT2D eigenvalue weighted by Crippen LogP contribution is -2.46. The van der Waals surface area contributed by atoms with E-state index in [4.69, 9.17) is 5.11 Å². The molecule has 0 aliphatic carbocycles. The molecule has 1 saturated heterocycles. The summed E-state index contributed by atoms with van der Waals surface area (Å²) >= 11 is 0. The topological polar surface area (TPSA) is 69.6 Å². The SMILES string of the molecule is O=C(O)CC1CCCN(C(=O)NCC(F)F)C1. The molecule has 1 aliphatic heterocycles. The summed E-state index contributed by atoms with van der Waals surface area (Å²) in [5, 5.41) is 10.8. The highest BCUT2D eigenvalue weighted by Gasteiger charge is 2.25. The molecule has 0 aromatic heterocycles. The second kappa shape index (κ2) is 6.36. The summed E-state index contributed by atoms with van der Waals surface area (Å²) < 4.78 is 23.8. The van der Waals surface area contributed by atoms with Crippen LogP contribution in [0.15, 0.2) is 0 Å². The number of carbonyl (C=O) groups excluding carboxylic acids is 1. The molecule has 1 rings (SSSR count). The third kappa shape index (κ3) is 4.97. The van der Waals surface area contributed by atoms with E-state index in [1.54, 1.807) is 0 Å². The van der Waals surface area contributed by atoms with E-state index in [9.17, 15) is 18.4 Å². The first-order valence-corrected chi connectivity index (χ1v) is 5.51. The van der Waals surface area contributed by atoms with Gasteiger partial charge in [-0.3, -0.25) is 4.79 Å². The van der Waals surface area contributed by atoms with Gasteiger partial charge in [0.25, 0.3) is 6.43 Å². The lowest BCUT2D eigenvalue weighted by atomic mass is 9.95. The first kappa shape index (κ1) is 13.7. The summed E-state index contributed by atoms with van der Waals surface area (Å²) in [7, 11) is 0. The Morgan fingerprint density at radius 1 is 1.47 bits per heavy atom. The largest absolute Gasteiger partial charge is 0.481 e. The molecule has 0 saturated carbocycles. The summed E-state index contributed by atoms with van der Waals surface area (Å²) in [5.74, 6) is -0.983. The van der Waals surface area contributed by atoms with Gasteiger partial charge in [-0.15, -0.1) is 0 Å². The molecule has 1 fully saturated rings. The smallest absolute Gasteiger partial charge is 0.317 e. The van der Waals surface area contributed by atoms with Crippen molar-refractivity contribution in [2.75, 3.05) is 19.6 Å². The predicted molar refractivity (Wildman–Crippen MR) is 56.0 cm³/mol. The Balaban J connectivity index is 2.37. The van der Waals surface area contributed by atoms with Gasteiger partial charge in [0.15, 0.2) is 0 Å². The monoisotopic (exact) mass is 250 g/mol. The van der Waals surface area contributed by atoms with Crippen molar-refractivity contribution in [3.8, 4) is 0 Å². The molecule has 0 aromatic carbocycles. The molecule has 0 bridgehead atoms. The Kier molecular flexibility index (Phi) is 5.11. The predicted octanol–water partition coefficient (Wildman–Crippen LogP) is 1.15. The van der Waals surface area contributed by atoms with Crippen molar-refractivity contribution in [3.63, 3.8) is 0 Å². The average molecular weight is 250 g/mol. The number of urea groups is 1. The Morgan fingerprint density at radius 3 is 2.76 bits per heavy atom. The number of amides is 2. The third-order valence-corrected chi connectivity index (χ3v) is 2.68. The van der Waals surface area contributed by atoms with Crippen molar-refractivity contribution in [1.82, 2.24) is 10.2 Å². The van der Waals surface area contributed by atoms with Gasteiger partial charge < -0.3 is 15.3 Å². The molecule has 2 amide bonds. The number of likely N-dealkylation sites (tertiary alicyclic amines) is 1. The number of nitrogens with zero attached hydrogens (tertiary/aromatic N) is 1. The number of carbonyl (C=O) groups is 2. The van der Waals surface area contributed by atoms with Crippen LogP contribution in [0, 0.1) is 5.92 Å². The van der Waals surface area contributed by atoms with Gasteiger partial charge >= 0.3 is 12.0 Å². The number of carboxylic acids is 1. The van der Waals surface area contributed by atoms with Gasteiger partial charge in [-0.2, -0.15) is 0 Å². The van der Waals surface area contributed by atoms with Crippen LogP contribution < -0.4 is 5.32 Å². The van der Waals surface area contributed by atoms with Crippen LogP contribution >= 0.6 is 0 Å². The summed E-state index contributed by atoms with van der Waals surface area (Å²) in [4.78, 5) is 23.4. The Hall–Kier alpha value is -1.40. The van der Waals surface area contributed by atoms with Crippen molar-refractivity contribution < 1.29 is 23.5 Å². The normalized spacial score (nSPS) is 20.4. The first-order chi connectivity index (χ1) is 7.99. The molecule has 0 spiro atoms. The molecular formula is C10H16F2N2O3. The van der Waals surface area contributed by atoms with Gasteiger partial charge in [0, 0.05) is 19.5 Å². The number of halogens is 2. The van der Waals surface area contributed by atoms with Gasteiger partial charge in [-0.25, -0.2) is 13.6 Å². The lowest BCUT2D eigenvalue weighted by molar-refractivity contribution is -0.138. The molecule has 7 heteroatoms. The van der Waals surface area contributed by atoms with E-state index in [0.717, 1.165) is 6.42 Å². The minimum atomic E-state index is -2.57. The van der Waals surface area contributed by atoms with Crippen molar-refractivity contribution in [1.29, 1.82) is 0 Å². The van der Waals surface area contributed by atoms with Crippen LogP contribution in [-0.4, -0.2) is 48.1 Å². The van der Waals surface area contributed by atoms with Crippen LogP contribution in [-0.2, 0) is 4.79 Å². The number of rotatable bonds is 4. The highest BCUT2D eigenvalue weighted by atomic mass is 19.3. The summed E-state index contributed by atoms with van der Waals surface area (Å²) in [6.45, 7) is 0.144. The molecule has 98 valence electrons. The number of carboxylic acid groups (broad SMARTS) is 1. The molecule has 17 heavy (non-hydrogen) atoms. The van der Waals surface area contributed by atoms with Crippen molar-refractivity contribution in [3.05, 3.63) is 0 Å². The van der Waals surface area contributed by atoms with Crippen molar-refractivity contribution >= 4 is 12.0 Å². The van der Waals surface area contributed by atoms with Gasteiger partial charge in [-0.1, -0.05) is 0 Å². The van der Waals surface area contributed by atoms with Crippen LogP contribution in [0.1, 0.15) is 19.3 Å². The molecule has 0 radical (unpaired) electrons. The van der Waals surface area contributed by atoms with Crippen LogP contribution in [0.2, 0.25) is 0 Å². The fourth-order valence-corrected chi connectivity index (χ4v) is 1.94. The standard InChI is InChI=1S/C10H16F2N2O3/c11-8(12)5-13-10(17)14-3-1-2-7(6-14)4-9(15)16/h7-8H,1-6H2,(H,13,17)(H,15,16). The number of alkyl halides is 2. The molecule has 1 unspecified atom stereocenters. The van der Waals surface area contributed by atoms with E-state index in [2.05, 4.69) is 5.32 Å². The minimum Gasteiger partial charge on any atom is -0.481 e. The maximum Gasteiger partial charge on any atom is 0.317 e. The molecular weight excluding hydrogens is 234 g/mol. The minimum absolute atomic E-state index is 0.0125. The maximum atomic E-state index is 11.9. The number of hydrogen-bond acceptors (Lipinski definition) is 2. The molecule has 5 nitrogen and oxygen atoms in total. The van der Waals surface area contributed by atoms with Crippen molar-refractivity contribution in [2.45, 2.75) is 25.7 Å². The molecule has 0 aromatic rings. The van der Waals surface area contributed by atoms with Gasteiger partial charge in [0.05, 0.1) is 6.54 Å². The zero-order valence-electron chi connectivity index (χ0n) is 9.36. The van der Waals surface area contributed by atoms with Crippen LogP contribution in [0.3, 0.4) is 0 Å². The summed E-state index contributed by atoms with van der Waals surface area (Å²) in [5.41, 5.74) is 0. The van der Waals surface area contributed by atoms with Crippen LogP contribution in [0.5, 0.6) is 0 Å².